The Kier molecular flexibility index (Phi) is 2.66. The smallest absolute Gasteiger partial charge is 0.352 e. The Labute approximate surface area is 112 Å². The maximum atomic E-state index is 13.6. The number of alkyl halides is 2. The normalized spacial score (nSPS) is 15.8. The van der Waals surface area contributed by atoms with Crippen LogP contribution in [0.4, 0.5) is 20.2 Å². The summed E-state index contributed by atoms with van der Waals surface area (Å²) in [5, 5.41) is 8.64. The van der Waals surface area contributed by atoms with Gasteiger partial charge in [0.1, 0.15) is 0 Å². The zero-order chi connectivity index (χ0) is 14.3. The van der Waals surface area contributed by atoms with E-state index >= 15 is 0 Å². The zero-order valence-corrected chi connectivity index (χ0v) is 10.4. The number of benzene rings is 1. The molecule has 0 radical (unpaired) electrons. The number of carbonyl (C=O) groups is 1. The molecule has 1 aliphatic rings. The molecular formula is C12H10F2N4O2. The number of hydrogen-bond donors (Lipinski definition) is 2. The van der Waals surface area contributed by atoms with Crippen LogP contribution in [0.25, 0.3) is 0 Å². The molecule has 3 rings (SSSR count). The van der Waals surface area contributed by atoms with Gasteiger partial charge in [-0.2, -0.15) is 13.8 Å². The molecule has 1 aromatic carbocycles. The van der Waals surface area contributed by atoms with Crippen LogP contribution < -0.4 is 10.6 Å². The number of fused-ring (bicyclic) bond motifs is 1. The van der Waals surface area contributed by atoms with Gasteiger partial charge in [-0.3, -0.25) is 4.79 Å². The molecule has 0 aliphatic carbocycles. The molecule has 20 heavy (non-hydrogen) atoms. The third kappa shape index (κ3) is 1.98. The maximum Gasteiger partial charge on any atom is 0.352 e. The van der Waals surface area contributed by atoms with Gasteiger partial charge in [-0.25, -0.2) is 0 Å². The van der Waals surface area contributed by atoms with Crippen LogP contribution in [0, 0.1) is 6.92 Å². The van der Waals surface area contributed by atoms with Crippen molar-refractivity contribution in [1.29, 1.82) is 0 Å². The molecule has 0 atom stereocenters. The van der Waals surface area contributed by atoms with Crippen LogP contribution in [0.5, 0.6) is 0 Å². The lowest BCUT2D eigenvalue weighted by atomic mass is 10.1. The second-order valence-electron chi connectivity index (χ2n) is 4.38. The number of nitrogens with one attached hydrogen (secondary N) is 2. The first-order chi connectivity index (χ1) is 9.46. The minimum Gasteiger partial charge on any atom is -0.376 e. The fraction of sp³-hybridized carbons (Fsp3) is 0.250. The molecule has 0 fully saturated rings. The summed E-state index contributed by atoms with van der Waals surface area (Å²) in [6, 6.07) is 4.25. The highest BCUT2D eigenvalue weighted by Gasteiger charge is 2.48. The van der Waals surface area contributed by atoms with Crippen LogP contribution >= 0.6 is 0 Å². The van der Waals surface area contributed by atoms with Gasteiger partial charge in [-0.15, -0.1) is 0 Å². The van der Waals surface area contributed by atoms with Crippen molar-refractivity contribution in [3.63, 3.8) is 0 Å². The molecule has 1 aliphatic heterocycles. The molecule has 2 aromatic rings. The summed E-state index contributed by atoms with van der Waals surface area (Å²) in [5.41, 5.74) is 0.226. The Bertz CT molecular complexity index is 684. The molecule has 0 saturated heterocycles. The summed E-state index contributed by atoms with van der Waals surface area (Å²) >= 11 is 0. The van der Waals surface area contributed by atoms with E-state index in [0.29, 0.717) is 17.4 Å². The molecule has 0 unspecified atom stereocenters. The van der Waals surface area contributed by atoms with Crippen molar-refractivity contribution in [1.82, 2.24) is 10.1 Å². The third-order valence-corrected chi connectivity index (χ3v) is 2.90. The molecule has 6 nitrogen and oxygen atoms in total. The van der Waals surface area contributed by atoms with Crippen molar-refractivity contribution in [2.24, 2.45) is 0 Å². The van der Waals surface area contributed by atoms with E-state index in [1.165, 1.54) is 12.1 Å². The lowest BCUT2D eigenvalue weighted by molar-refractivity contribution is -0.139. The van der Waals surface area contributed by atoms with Crippen LogP contribution in [-0.4, -0.2) is 16.0 Å². The number of anilines is 2. The van der Waals surface area contributed by atoms with Gasteiger partial charge in [0, 0.05) is 5.69 Å². The average molecular weight is 280 g/mol. The first-order valence-corrected chi connectivity index (χ1v) is 5.83. The van der Waals surface area contributed by atoms with Crippen molar-refractivity contribution in [2.45, 2.75) is 19.4 Å². The predicted octanol–water partition coefficient (Wildman–Crippen LogP) is 2.03. The number of aromatic nitrogens is 2. The van der Waals surface area contributed by atoms with Crippen LogP contribution in [0.3, 0.4) is 0 Å². The van der Waals surface area contributed by atoms with E-state index in [-0.39, 0.29) is 17.8 Å². The van der Waals surface area contributed by atoms with Gasteiger partial charge in [0.05, 0.1) is 17.8 Å². The Morgan fingerprint density at radius 3 is 2.95 bits per heavy atom. The molecule has 2 heterocycles. The Hall–Kier alpha value is -2.51. The van der Waals surface area contributed by atoms with Crippen LogP contribution in [0.2, 0.25) is 0 Å². The summed E-state index contributed by atoms with van der Waals surface area (Å²) in [6.45, 7) is 1.90. The quantitative estimate of drug-likeness (QED) is 0.899. The molecule has 104 valence electrons. The largest absolute Gasteiger partial charge is 0.376 e. The van der Waals surface area contributed by atoms with Crippen molar-refractivity contribution in [2.75, 3.05) is 10.6 Å². The van der Waals surface area contributed by atoms with Crippen molar-refractivity contribution in [3.8, 4) is 0 Å². The summed E-state index contributed by atoms with van der Waals surface area (Å²) in [5.74, 6) is -3.97. The van der Waals surface area contributed by atoms with Crippen molar-refractivity contribution in [3.05, 3.63) is 35.5 Å². The van der Waals surface area contributed by atoms with Gasteiger partial charge in [-0.05, 0) is 25.1 Å². The van der Waals surface area contributed by atoms with Crippen LogP contribution in [0.15, 0.2) is 22.7 Å². The highest BCUT2D eigenvalue weighted by molar-refractivity contribution is 6.04. The Morgan fingerprint density at radius 2 is 2.25 bits per heavy atom. The lowest BCUT2D eigenvalue weighted by Crippen LogP contribution is -2.23. The topological polar surface area (TPSA) is 80.0 Å². The van der Waals surface area contributed by atoms with Crippen LogP contribution in [-0.2, 0) is 17.3 Å². The van der Waals surface area contributed by atoms with Gasteiger partial charge in [-0.1, -0.05) is 5.16 Å². The van der Waals surface area contributed by atoms with Gasteiger partial charge in [0.2, 0.25) is 5.89 Å². The van der Waals surface area contributed by atoms with E-state index < -0.39 is 11.8 Å². The number of aryl methyl sites for hydroxylation is 1. The third-order valence-electron chi connectivity index (χ3n) is 2.90. The molecule has 2 N–H and O–H groups in total. The van der Waals surface area contributed by atoms with Crippen LogP contribution in [0.1, 0.15) is 17.3 Å². The van der Waals surface area contributed by atoms with Crippen molar-refractivity contribution < 1.29 is 18.1 Å². The number of hydrogen-bond acceptors (Lipinski definition) is 5. The van der Waals surface area contributed by atoms with E-state index in [4.69, 9.17) is 4.52 Å². The molecule has 1 amide bonds. The predicted molar refractivity (Wildman–Crippen MR) is 65.3 cm³/mol. The number of amides is 1. The van der Waals surface area contributed by atoms with Gasteiger partial charge < -0.3 is 15.2 Å². The molecule has 1 aromatic heterocycles. The van der Waals surface area contributed by atoms with E-state index in [1.54, 1.807) is 13.0 Å². The second-order valence-corrected chi connectivity index (χ2v) is 4.38. The minimum absolute atomic E-state index is 0.124. The molecule has 0 spiro atoms. The highest BCUT2D eigenvalue weighted by Crippen LogP contribution is 2.41. The Morgan fingerprint density at radius 1 is 1.45 bits per heavy atom. The molecule has 0 bridgehead atoms. The monoisotopic (exact) mass is 280 g/mol. The van der Waals surface area contributed by atoms with Gasteiger partial charge in [0.25, 0.3) is 5.91 Å². The SMILES string of the molecule is Cc1noc(CNc2ccc3c(c2)C(F)(F)C(=O)N3)n1. The summed E-state index contributed by atoms with van der Waals surface area (Å²) in [7, 11) is 0. The first kappa shape index (κ1) is 12.5. The summed E-state index contributed by atoms with van der Waals surface area (Å²) in [6.07, 6.45) is 0. The summed E-state index contributed by atoms with van der Waals surface area (Å²) in [4.78, 5) is 15.1. The average Bonchev–Trinajstić information content (AvgIpc) is 2.91. The fourth-order valence-corrected chi connectivity index (χ4v) is 1.94. The standard InChI is InChI=1S/C12H10F2N4O2/c1-6-16-10(20-18-6)5-15-7-2-3-9-8(4-7)12(13,14)11(19)17-9/h2-4,15H,5H2,1H3,(H,17,19). The number of carbonyl (C=O) groups excluding carboxylic acids is 1. The van der Waals surface area contributed by atoms with E-state index in [1.807, 2.05) is 0 Å². The zero-order valence-electron chi connectivity index (χ0n) is 10.4. The maximum absolute atomic E-state index is 13.6. The first-order valence-electron chi connectivity index (χ1n) is 5.83. The van der Waals surface area contributed by atoms with E-state index in [9.17, 15) is 13.6 Å². The highest BCUT2D eigenvalue weighted by atomic mass is 19.3. The lowest BCUT2D eigenvalue weighted by Gasteiger charge is -2.09. The van der Waals surface area contributed by atoms with Crippen molar-refractivity contribution >= 4 is 17.3 Å². The number of halogens is 2. The van der Waals surface area contributed by atoms with Gasteiger partial charge >= 0.3 is 5.92 Å². The van der Waals surface area contributed by atoms with Gasteiger partial charge in [0.15, 0.2) is 5.82 Å². The minimum atomic E-state index is -3.51. The molecule has 0 saturated carbocycles. The number of rotatable bonds is 3. The fourth-order valence-electron chi connectivity index (χ4n) is 1.94. The summed E-state index contributed by atoms with van der Waals surface area (Å²) < 4.78 is 32.1. The number of nitrogens with zero attached hydrogens (tertiary/aromatic N) is 2. The Balaban J connectivity index is 1.80. The molecular weight excluding hydrogens is 270 g/mol. The van der Waals surface area contributed by atoms with E-state index in [0.717, 1.165) is 0 Å². The van der Waals surface area contributed by atoms with E-state index in [2.05, 4.69) is 20.8 Å². The molecule has 8 heteroatoms. The second kappa shape index (κ2) is 4.26.